The third-order valence-corrected chi connectivity index (χ3v) is 7.64. The quantitative estimate of drug-likeness (QED) is 0.249. The van der Waals surface area contributed by atoms with E-state index in [1.54, 1.807) is 48.5 Å². The van der Waals surface area contributed by atoms with E-state index in [0.717, 1.165) is 21.0 Å². The summed E-state index contributed by atoms with van der Waals surface area (Å²) < 4.78 is 34.5. The van der Waals surface area contributed by atoms with Crippen molar-refractivity contribution in [2.75, 3.05) is 20.3 Å². The van der Waals surface area contributed by atoms with Gasteiger partial charge in [0.15, 0.2) is 5.82 Å². The second-order valence-corrected chi connectivity index (χ2v) is 10.3. The number of aromatic hydroxyl groups is 2. The number of phenols is 2. The highest BCUT2D eigenvalue weighted by atomic mass is 35.5. The van der Waals surface area contributed by atoms with Crippen LogP contribution >= 0.6 is 11.6 Å². The average molecular weight is 547 g/mol. The molecule has 1 heterocycles. The van der Waals surface area contributed by atoms with E-state index in [1.165, 1.54) is 7.05 Å². The summed E-state index contributed by atoms with van der Waals surface area (Å²) in [5.74, 6) is -0.916. The van der Waals surface area contributed by atoms with Crippen molar-refractivity contribution in [1.29, 1.82) is 0 Å². The van der Waals surface area contributed by atoms with Gasteiger partial charge in [0, 0.05) is 25.2 Å². The molecule has 37 heavy (non-hydrogen) atoms. The Balaban J connectivity index is 1.77. The first-order valence-electron chi connectivity index (χ1n) is 10.9. The first-order valence-corrected chi connectivity index (χ1v) is 12.7. The predicted molar refractivity (Wildman–Crippen MR) is 136 cm³/mol. The molecule has 0 bridgehead atoms. The van der Waals surface area contributed by atoms with Crippen molar-refractivity contribution in [2.45, 2.75) is 11.4 Å². The molecule has 0 saturated carbocycles. The summed E-state index contributed by atoms with van der Waals surface area (Å²) in [4.78, 5) is 12.0. The molecule has 4 N–H and O–H groups in total. The average Bonchev–Trinajstić information content (AvgIpc) is 3.24. The van der Waals surface area contributed by atoms with E-state index in [0.29, 0.717) is 11.3 Å². The number of ether oxygens (including phenoxy) is 1. The number of hydrogen-bond acceptors (Lipinski definition) is 8. The molecular weight excluding hydrogens is 524 g/mol. The third-order valence-electron chi connectivity index (χ3n) is 5.49. The van der Waals surface area contributed by atoms with Gasteiger partial charge in [0.2, 0.25) is 10.0 Å². The number of nitrogens with one attached hydrogen (secondary N) is 1. The first kappa shape index (κ1) is 26.2. The number of aromatic amines is 1. The largest absolute Gasteiger partial charge is 0.507 e. The van der Waals surface area contributed by atoms with Gasteiger partial charge in [-0.15, -0.1) is 0 Å². The first-order chi connectivity index (χ1) is 17.6. The van der Waals surface area contributed by atoms with Crippen LogP contribution in [0.15, 0.2) is 70.4 Å². The van der Waals surface area contributed by atoms with Crippen LogP contribution in [0, 0.1) is 0 Å². The Kier molecular flexibility index (Phi) is 7.55. The fourth-order valence-electron chi connectivity index (χ4n) is 3.70. The van der Waals surface area contributed by atoms with Crippen molar-refractivity contribution in [2.24, 2.45) is 0 Å². The molecule has 0 amide bonds. The number of H-pyrrole nitrogens is 1. The lowest BCUT2D eigenvalue weighted by atomic mass is 10.1. The SMILES string of the molecule is CN(Cc1ccccc1OCCO)S(=O)(=O)c1cc(-c2n[nH]c(=O)n2-c2ccccc2Cl)c(O)cc1O. The molecule has 0 radical (unpaired) electrons. The zero-order valence-electron chi connectivity index (χ0n) is 19.5. The number of hydrogen-bond donors (Lipinski definition) is 4. The number of nitrogens with zero attached hydrogens (tertiary/aromatic N) is 3. The topological polar surface area (TPSA) is 158 Å². The molecule has 0 aliphatic heterocycles. The standard InChI is InChI=1S/C24H23ClN4O7S/c1-28(14-15-6-2-5-9-21(15)36-11-10-30)37(34,35)22-12-16(19(31)13-20(22)32)23-26-27-24(33)29(23)18-8-4-3-7-17(18)25/h2-9,12-13,30-32H,10-11,14H2,1H3,(H,27,33). The fraction of sp³-hybridized carbons (Fsp3) is 0.167. The molecule has 11 nitrogen and oxygen atoms in total. The summed E-state index contributed by atoms with van der Waals surface area (Å²) in [5, 5.41) is 36.5. The predicted octanol–water partition coefficient (Wildman–Crippen LogP) is 2.48. The number of benzene rings is 3. The lowest BCUT2D eigenvalue weighted by molar-refractivity contribution is 0.199. The lowest BCUT2D eigenvalue weighted by Crippen LogP contribution is -2.27. The van der Waals surface area contributed by atoms with Crippen LogP contribution in [0.5, 0.6) is 17.2 Å². The van der Waals surface area contributed by atoms with Crippen LogP contribution in [0.25, 0.3) is 17.1 Å². The highest BCUT2D eigenvalue weighted by Crippen LogP contribution is 2.38. The molecule has 0 spiro atoms. The minimum atomic E-state index is -4.32. The third kappa shape index (κ3) is 5.18. The summed E-state index contributed by atoms with van der Waals surface area (Å²) in [5.41, 5.74) is -0.0157. The molecule has 0 unspecified atom stereocenters. The van der Waals surface area contributed by atoms with E-state index in [4.69, 9.17) is 21.4 Å². The number of rotatable bonds is 9. The smallest absolute Gasteiger partial charge is 0.348 e. The van der Waals surface area contributed by atoms with Gasteiger partial charge < -0.3 is 20.1 Å². The zero-order valence-corrected chi connectivity index (χ0v) is 21.1. The van der Waals surface area contributed by atoms with E-state index in [9.17, 15) is 23.4 Å². The summed E-state index contributed by atoms with van der Waals surface area (Å²) in [6.45, 7) is -0.294. The summed E-state index contributed by atoms with van der Waals surface area (Å²) >= 11 is 6.25. The van der Waals surface area contributed by atoms with Crippen LogP contribution < -0.4 is 10.4 Å². The van der Waals surface area contributed by atoms with Crippen molar-refractivity contribution < 1.29 is 28.5 Å². The van der Waals surface area contributed by atoms with Crippen molar-refractivity contribution in [3.63, 3.8) is 0 Å². The molecule has 0 aliphatic carbocycles. The maximum atomic E-state index is 13.5. The van der Waals surface area contributed by atoms with Gasteiger partial charge in [-0.2, -0.15) is 9.40 Å². The Labute approximate surface area is 216 Å². The number of para-hydroxylation sites is 2. The van der Waals surface area contributed by atoms with Crippen LogP contribution in [0.1, 0.15) is 5.56 Å². The van der Waals surface area contributed by atoms with Crippen molar-refractivity contribution in [3.05, 3.63) is 81.7 Å². The lowest BCUT2D eigenvalue weighted by Gasteiger charge is -2.20. The Morgan fingerprint density at radius 3 is 2.51 bits per heavy atom. The van der Waals surface area contributed by atoms with Crippen molar-refractivity contribution in [3.8, 4) is 34.3 Å². The number of aliphatic hydroxyl groups excluding tert-OH is 1. The molecule has 0 saturated heterocycles. The minimum Gasteiger partial charge on any atom is -0.507 e. The Hall–Kier alpha value is -3.84. The Bertz CT molecular complexity index is 1600. The maximum absolute atomic E-state index is 13.5. The van der Waals surface area contributed by atoms with Gasteiger partial charge in [-0.3, -0.25) is 0 Å². The molecule has 1 aromatic heterocycles. The second-order valence-electron chi connectivity index (χ2n) is 7.92. The van der Waals surface area contributed by atoms with Gasteiger partial charge >= 0.3 is 5.69 Å². The zero-order chi connectivity index (χ0) is 26.7. The van der Waals surface area contributed by atoms with Crippen LogP contribution in [0.4, 0.5) is 0 Å². The Morgan fingerprint density at radius 2 is 1.78 bits per heavy atom. The number of aliphatic hydroxyl groups is 1. The van der Waals surface area contributed by atoms with E-state index < -0.39 is 32.1 Å². The molecule has 4 rings (SSSR count). The number of aromatic nitrogens is 3. The minimum absolute atomic E-state index is 0.0341. The van der Waals surface area contributed by atoms with E-state index in [-0.39, 0.29) is 41.9 Å². The van der Waals surface area contributed by atoms with E-state index in [1.807, 2.05) is 0 Å². The highest BCUT2D eigenvalue weighted by Gasteiger charge is 2.29. The highest BCUT2D eigenvalue weighted by molar-refractivity contribution is 7.89. The molecule has 0 aliphatic rings. The summed E-state index contributed by atoms with van der Waals surface area (Å²) in [6, 6.07) is 15.1. The fourth-order valence-corrected chi connectivity index (χ4v) is 5.16. The molecule has 194 valence electrons. The van der Waals surface area contributed by atoms with Gasteiger partial charge in [-0.1, -0.05) is 41.9 Å². The molecule has 0 fully saturated rings. The van der Waals surface area contributed by atoms with Crippen LogP contribution in [0.2, 0.25) is 5.02 Å². The number of phenolic OH excluding ortho intramolecular Hbond substituents is 2. The monoisotopic (exact) mass is 546 g/mol. The second kappa shape index (κ2) is 10.6. The molecule has 4 aromatic rings. The molecule has 13 heteroatoms. The van der Waals surface area contributed by atoms with Gasteiger partial charge in [0.25, 0.3) is 0 Å². The van der Waals surface area contributed by atoms with E-state index in [2.05, 4.69) is 10.2 Å². The van der Waals surface area contributed by atoms with Crippen molar-refractivity contribution in [1.82, 2.24) is 19.1 Å². The van der Waals surface area contributed by atoms with Crippen LogP contribution in [-0.2, 0) is 16.6 Å². The normalized spacial score (nSPS) is 11.7. The number of halogens is 1. The molecule has 0 atom stereocenters. The molecule has 3 aromatic carbocycles. The van der Waals surface area contributed by atoms with Gasteiger partial charge in [0.05, 0.1) is 22.9 Å². The maximum Gasteiger partial charge on any atom is 0.348 e. The summed E-state index contributed by atoms with van der Waals surface area (Å²) in [7, 11) is -3.00. The van der Waals surface area contributed by atoms with Crippen LogP contribution in [-0.4, -0.2) is 63.1 Å². The van der Waals surface area contributed by atoms with Gasteiger partial charge in [-0.05, 0) is 24.3 Å². The van der Waals surface area contributed by atoms with Crippen LogP contribution in [0.3, 0.4) is 0 Å². The number of sulfonamides is 1. The van der Waals surface area contributed by atoms with Crippen molar-refractivity contribution >= 4 is 21.6 Å². The molecular formula is C24H23ClN4O7S. The summed E-state index contributed by atoms with van der Waals surface area (Å²) in [6.07, 6.45) is 0. The van der Waals surface area contributed by atoms with Gasteiger partial charge in [0.1, 0.15) is 28.8 Å². The van der Waals surface area contributed by atoms with E-state index >= 15 is 0 Å². The Morgan fingerprint density at radius 1 is 1.08 bits per heavy atom. The van der Waals surface area contributed by atoms with Gasteiger partial charge in [-0.25, -0.2) is 22.9 Å².